The molecule has 10 heavy (non-hydrogen) atoms. The van der Waals surface area contributed by atoms with E-state index in [-0.39, 0.29) is 9.70 Å². The molecule has 0 spiro atoms. The van der Waals surface area contributed by atoms with Gasteiger partial charge in [0, 0.05) is 18.1 Å². The van der Waals surface area contributed by atoms with E-state index in [1.165, 1.54) is 0 Å². The van der Waals surface area contributed by atoms with E-state index in [1.807, 2.05) is 18.3 Å². The standard InChI is InChI=1S/C7H8ClNS/c1-10(8)6-7-3-2-4-9-5-7/h2-5H,1,6H2. The third-order valence-corrected chi connectivity index (χ3v) is 2.02. The molecular formula is C7H8ClNS. The number of halogens is 1. The molecule has 0 amide bonds. The number of rotatable bonds is 2. The molecule has 3 heteroatoms. The molecule has 1 rings (SSSR count). The summed E-state index contributed by atoms with van der Waals surface area (Å²) in [6.07, 6.45) is 3.56. The van der Waals surface area contributed by atoms with E-state index in [1.54, 1.807) is 6.20 Å². The SMILES string of the molecule is C=S(Cl)Cc1cccnc1. The average Bonchev–Trinajstić information content (AvgIpc) is 1.88. The summed E-state index contributed by atoms with van der Waals surface area (Å²) < 4.78 is 0. The molecule has 1 atom stereocenters. The van der Waals surface area contributed by atoms with Gasteiger partial charge >= 0.3 is 0 Å². The van der Waals surface area contributed by atoms with Gasteiger partial charge in [0.05, 0.1) is 0 Å². The van der Waals surface area contributed by atoms with Crippen molar-refractivity contribution in [2.45, 2.75) is 5.75 Å². The maximum absolute atomic E-state index is 5.70. The predicted octanol–water partition coefficient (Wildman–Crippen LogP) is 2.44. The van der Waals surface area contributed by atoms with Crippen molar-refractivity contribution in [1.29, 1.82) is 0 Å². The molecule has 1 heterocycles. The van der Waals surface area contributed by atoms with Crippen LogP contribution in [0.15, 0.2) is 24.5 Å². The fourth-order valence-corrected chi connectivity index (χ4v) is 1.57. The third-order valence-electron chi connectivity index (χ3n) is 1.05. The van der Waals surface area contributed by atoms with Crippen molar-refractivity contribution in [3.63, 3.8) is 0 Å². The van der Waals surface area contributed by atoms with Gasteiger partial charge in [-0.15, -0.1) is 0 Å². The molecule has 0 aliphatic carbocycles. The van der Waals surface area contributed by atoms with E-state index in [9.17, 15) is 0 Å². The summed E-state index contributed by atoms with van der Waals surface area (Å²) in [5.74, 6) is 4.51. The lowest BCUT2D eigenvalue weighted by Gasteiger charge is -1.96. The Balaban J connectivity index is 2.67. The Bertz CT molecular complexity index is 222. The fraction of sp³-hybridized carbons (Fsp3) is 0.143. The zero-order valence-corrected chi connectivity index (χ0v) is 7.03. The quantitative estimate of drug-likeness (QED) is 0.627. The predicted molar refractivity (Wildman–Crippen MR) is 48.5 cm³/mol. The smallest absolute Gasteiger partial charge is 0.0308 e. The molecule has 0 N–H and O–H groups in total. The molecule has 0 radical (unpaired) electrons. The second-order valence-corrected chi connectivity index (χ2v) is 4.37. The van der Waals surface area contributed by atoms with Crippen molar-refractivity contribution in [2.24, 2.45) is 0 Å². The maximum Gasteiger partial charge on any atom is 0.0308 e. The van der Waals surface area contributed by atoms with Crippen LogP contribution in [0.4, 0.5) is 0 Å². The number of hydrogen-bond donors (Lipinski definition) is 0. The minimum atomic E-state index is -0.284. The Morgan fingerprint density at radius 3 is 3.00 bits per heavy atom. The summed E-state index contributed by atoms with van der Waals surface area (Å²) in [6.45, 7) is 0. The van der Waals surface area contributed by atoms with Gasteiger partial charge in [0.15, 0.2) is 0 Å². The highest BCUT2D eigenvalue weighted by Crippen LogP contribution is 2.21. The molecule has 1 aromatic heterocycles. The lowest BCUT2D eigenvalue weighted by atomic mass is 10.3. The van der Waals surface area contributed by atoms with Crippen molar-refractivity contribution in [3.8, 4) is 0 Å². The van der Waals surface area contributed by atoms with Crippen molar-refractivity contribution in [1.82, 2.24) is 4.98 Å². The van der Waals surface area contributed by atoms with E-state index < -0.39 is 0 Å². The Morgan fingerprint density at radius 2 is 2.50 bits per heavy atom. The lowest BCUT2D eigenvalue weighted by Crippen LogP contribution is -1.79. The van der Waals surface area contributed by atoms with E-state index in [2.05, 4.69) is 10.9 Å². The van der Waals surface area contributed by atoms with Crippen LogP contribution < -0.4 is 0 Å². The van der Waals surface area contributed by atoms with Crippen LogP contribution in [0.2, 0.25) is 0 Å². The number of hydrogen-bond acceptors (Lipinski definition) is 1. The molecule has 54 valence electrons. The first-order chi connectivity index (χ1) is 4.79. The zero-order chi connectivity index (χ0) is 7.40. The summed E-state index contributed by atoms with van der Waals surface area (Å²) in [5, 5.41) is 0. The van der Waals surface area contributed by atoms with Crippen LogP contribution in [0.1, 0.15) is 5.56 Å². The molecule has 1 nitrogen and oxygen atoms in total. The Hall–Kier alpha value is -0.340. The third kappa shape index (κ3) is 2.50. The highest BCUT2D eigenvalue weighted by molar-refractivity contribution is 8.32. The maximum atomic E-state index is 5.70. The molecule has 0 saturated carbocycles. The van der Waals surface area contributed by atoms with E-state index in [0.717, 1.165) is 11.3 Å². The molecule has 1 unspecified atom stereocenters. The minimum absolute atomic E-state index is 0.284. The molecule has 0 aliphatic heterocycles. The number of pyridine rings is 1. The normalized spacial score (nSPS) is 12.9. The Morgan fingerprint density at radius 1 is 1.70 bits per heavy atom. The van der Waals surface area contributed by atoms with Gasteiger partial charge in [-0.2, -0.15) is 0 Å². The van der Waals surface area contributed by atoms with Crippen LogP contribution in [0, 0.1) is 0 Å². The molecule has 0 fully saturated rings. The number of aromatic nitrogens is 1. The summed E-state index contributed by atoms with van der Waals surface area (Å²) in [7, 11) is 5.42. The number of nitrogens with zero attached hydrogens (tertiary/aromatic N) is 1. The largest absolute Gasteiger partial charge is 0.264 e. The van der Waals surface area contributed by atoms with Crippen LogP contribution >= 0.6 is 20.4 Å². The Kier molecular flexibility index (Phi) is 2.90. The van der Waals surface area contributed by atoms with Gasteiger partial charge in [-0.3, -0.25) is 4.98 Å². The van der Waals surface area contributed by atoms with E-state index >= 15 is 0 Å². The molecule has 0 aromatic carbocycles. The van der Waals surface area contributed by atoms with E-state index in [4.69, 9.17) is 10.7 Å². The molecule has 0 bridgehead atoms. The average molecular weight is 174 g/mol. The van der Waals surface area contributed by atoms with Gasteiger partial charge in [-0.25, -0.2) is 0 Å². The molecule has 0 aliphatic rings. The molecule has 0 saturated heterocycles. The van der Waals surface area contributed by atoms with Crippen LogP contribution in [-0.2, 0) is 5.75 Å². The molecular weight excluding hydrogens is 166 g/mol. The Labute approximate surface area is 67.5 Å². The first-order valence-corrected chi connectivity index (χ1v) is 5.23. The van der Waals surface area contributed by atoms with Gasteiger partial charge in [0.1, 0.15) is 0 Å². The second-order valence-electron chi connectivity index (χ2n) is 1.93. The first kappa shape index (κ1) is 7.76. The van der Waals surface area contributed by atoms with Gasteiger partial charge in [0.25, 0.3) is 0 Å². The van der Waals surface area contributed by atoms with Crippen LogP contribution in [0.25, 0.3) is 0 Å². The van der Waals surface area contributed by atoms with Crippen molar-refractivity contribution in [2.75, 3.05) is 0 Å². The van der Waals surface area contributed by atoms with Gasteiger partial charge < -0.3 is 0 Å². The van der Waals surface area contributed by atoms with Crippen LogP contribution in [-0.4, -0.2) is 10.9 Å². The highest BCUT2D eigenvalue weighted by Gasteiger charge is 1.90. The first-order valence-electron chi connectivity index (χ1n) is 2.85. The minimum Gasteiger partial charge on any atom is -0.264 e. The van der Waals surface area contributed by atoms with E-state index in [0.29, 0.717) is 0 Å². The summed E-state index contributed by atoms with van der Waals surface area (Å²) >= 11 is 0. The van der Waals surface area contributed by atoms with Crippen molar-refractivity contribution in [3.05, 3.63) is 30.1 Å². The van der Waals surface area contributed by atoms with Gasteiger partial charge in [0.2, 0.25) is 0 Å². The summed E-state index contributed by atoms with van der Waals surface area (Å²) in [5.41, 5.74) is 1.15. The van der Waals surface area contributed by atoms with Crippen LogP contribution in [0.3, 0.4) is 0 Å². The highest BCUT2D eigenvalue weighted by atomic mass is 35.7. The monoisotopic (exact) mass is 173 g/mol. The molecule has 1 aromatic rings. The lowest BCUT2D eigenvalue weighted by molar-refractivity contribution is 1.25. The fourth-order valence-electron chi connectivity index (χ4n) is 0.664. The summed E-state index contributed by atoms with van der Waals surface area (Å²) in [6, 6.07) is 3.90. The zero-order valence-electron chi connectivity index (χ0n) is 5.46. The van der Waals surface area contributed by atoms with Crippen molar-refractivity contribution < 1.29 is 0 Å². The van der Waals surface area contributed by atoms with Crippen LogP contribution in [0.5, 0.6) is 0 Å². The van der Waals surface area contributed by atoms with Gasteiger partial charge in [-0.1, -0.05) is 32.3 Å². The topological polar surface area (TPSA) is 12.9 Å². The van der Waals surface area contributed by atoms with Gasteiger partial charge in [-0.05, 0) is 11.6 Å². The summed E-state index contributed by atoms with van der Waals surface area (Å²) in [4.78, 5) is 3.96. The second kappa shape index (κ2) is 3.74. The van der Waals surface area contributed by atoms with Crippen molar-refractivity contribution >= 4 is 26.3 Å².